The van der Waals surface area contributed by atoms with Gasteiger partial charge in [-0.1, -0.05) is 41.7 Å². The van der Waals surface area contributed by atoms with Gasteiger partial charge in [-0.15, -0.1) is 10.2 Å². The largest absolute Gasteiger partial charge is 0.323 e. The fourth-order valence-corrected chi connectivity index (χ4v) is 3.69. The van der Waals surface area contributed by atoms with Crippen LogP contribution in [0.5, 0.6) is 0 Å². The van der Waals surface area contributed by atoms with E-state index in [4.69, 9.17) is 9.97 Å². The molecule has 0 bridgehead atoms. The predicted octanol–water partition coefficient (Wildman–Crippen LogP) is 3.62. The third-order valence-electron chi connectivity index (χ3n) is 4.43. The third kappa shape index (κ3) is 2.80. The van der Waals surface area contributed by atoms with Crippen molar-refractivity contribution in [3.05, 3.63) is 54.0 Å². The molecule has 1 N–H and O–H groups in total. The molecule has 3 aromatic heterocycles. The number of nitrogens with one attached hydrogen (secondary N) is 1. The fraction of sp³-hybridized carbons (Fsp3) is 0.105. The van der Waals surface area contributed by atoms with Crippen LogP contribution >= 0.6 is 11.3 Å². The first-order chi connectivity index (χ1) is 13.3. The highest BCUT2D eigenvalue weighted by molar-refractivity contribution is 7.13. The maximum absolute atomic E-state index is 12.3. The Hall–Kier alpha value is -3.39. The summed E-state index contributed by atoms with van der Waals surface area (Å²) in [6, 6.07) is 15.9. The number of aryl methyl sites for hydroxylation is 1. The Kier molecular flexibility index (Phi) is 3.75. The summed E-state index contributed by atoms with van der Waals surface area (Å²) in [7, 11) is 0. The summed E-state index contributed by atoms with van der Waals surface area (Å²) in [5.74, 6) is -0.105. The molecule has 27 heavy (non-hydrogen) atoms. The second kappa shape index (κ2) is 6.40. The molecule has 5 rings (SSSR count). The van der Waals surface area contributed by atoms with E-state index in [1.807, 2.05) is 48.5 Å². The fourth-order valence-electron chi connectivity index (χ4n) is 3.23. The summed E-state index contributed by atoms with van der Waals surface area (Å²) >= 11 is 1.30. The second-order valence-electron chi connectivity index (χ2n) is 6.10. The summed E-state index contributed by atoms with van der Waals surface area (Å²) in [5.41, 5.74) is 5.96. The van der Waals surface area contributed by atoms with Gasteiger partial charge >= 0.3 is 0 Å². The van der Waals surface area contributed by atoms with Gasteiger partial charge in [0.15, 0.2) is 5.65 Å². The summed E-state index contributed by atoms with van der Waals surface area (Å²) in [4.78, 5) is 21.9. The highest BCUT2D eigenvalue weighted by Crippen LogP contribution is 2.28. The quantitative estimate of drug-likeness (QED) is 0.519. The molecule has 0 aliphatic heterocycles. The molecule has 8 heteroatoms. The van der Waals surface area contributed by atoms with Crippen molar-refractivity contribution in [1.29, 1.82) is 0 Å². The number of aromatic nitrogens is 5. The smallest absolute Gasteiger partial charge is 0.227 e. The van der Waals surface area contributed by atoms with Gasteiger partial charge in [0.25, 0.3) is 0 Å². The summed E-state index contributed by atoms with van der Waals surface area (Å²) in [6.07, 6.45) is 0.307. The van der Waals surface area contributed by atoms with E-state index >= 15 is 0 Å². The van der Waals surface area contributed by atoms with Crippen LogP contribution in [-0.2, 0) is 11.3 Å². The molecule has 0 aliphatic rings. The van der Waals surface area contributed by atoms with E-state index in [1.165, 1.54) is 11.3 Å². The number of benzene rings is 2. The Morgan fingerprint density at radius 3 is 2.63 bits per heavy atom. The number of hydrogen-bond acceptors (Lipinski definition) is 6. The number of carbonyl (C=O) groups excluding carboxylic acids is 1. The van der Waals surface area contributed by atoms with Crippen LogP contribution in [0, 0.1) is 0 Å². The number of anilines is 1. The molecule has 0 saturated carbocycles. The molecule has 0 saturated heterocycles. The van der Waals surface area contributed by atoms with Gasteiger partial charge in [0, 0.05) is 18.4 Å². The predicted molar refractivity (Wildman–Crippen MR) is 106 cm³/mol. The standard InChI is InChI=1S/C19H14N6OS/c26-16(23-19-24-20-11-27-19)9-10-25-15-8-4-1-5-12(15)17-18(25)22-14-7-3-2-6-13(14)21-17/h1-8,11H,9-10H2,(H,23,24,26). The molecular formula is C19H14N6OS. The van der Waals surface area contributed by atoms with Gasteiger partial charge in [0.1, 0.15) is 11.0 Å². The van der Waals surface area contributed by atoms with E-state index in [-0.39, 0.29) is 5.91 Å². The lowest BCUT2D eigenvalue weighted by atomic mass is 10.2. The van der Waals surface area contributed by atoms with Gasteiger partial charge in [-0.2, -0.15) is 0 Å². The van der Waals surface area contributed by atoms with Crippen molar-refractivity contribution < 1.29 is 4.79 Å². The molecule has 132 valence electrons. The zero-order valence-corrected chi connectivity index (χ0v) is 15.0. The van der Waals surface area contributed by atoms with E-state index in [2.05, 4.69) is 20.1 Å². The average Bonchev–Trinajstić information content (AvgIpc) is 3.31. The number of hydrogen-bond donors (Lipinski definition) is 1. The first kappa shape index (κ1) is 15.8. The molecule has 3 heterocycles. The lowest BCUT2D eigenvalue weighted by molar-refractivity contribution is -0.116. The van der Waals surface area contributed by atoms with Crippen molar-refractivity contribution in [2.24, 2.45) is 0 Å². The number of carbonyl (C=O) groups is 1. The van der Waals surface area contributed by atoms with Crippen LogP contribution in [0.2, 0.25) is 0 Å². The summed E-state index contributed by atoms with van der Waals surface area (Å²) < 4.78 is 2.06. The lowest BCUT2D eigenvalue weighted by Gasteiger charge is -2.07. The highest BCUT2D eigenvalue weighted by Gasteiger charge is 2.15. The van der Waals surface area contributed by atoms with Crippen LogP contribution in [0.4, 0.5) is 5.13 Å². The molecule has 0 aliphatic carbocycles. The van der Waals surface area contributed by atoms with Crippen molar-refractivity contribution >= 4 is 55.5 Å². The SMILES string of the molecule is O=C(CCn1c2ccccc2c2nc3ccccc3nc21)Nc1nncs1. The van der Waals surface area contributed by atoms with Gasteiger partial charge in [-0.25, -0.2) is 9.97 Å². The first-order valence-electron chi connectivity index (χ1n) is 8.49. The zero-order valence-electron chi connectivity index (χ0n) is 14.2. The van der Waals surface area contributed by atoms with Crippen LogP contribution < -0.4 is 5.32 Å². The minimum Gasteiger partial charge on any atom is -0.323 e. The molecule has 0 atom stereocenters. The minimum atomic E-state index is -0.105. The second-order valence-corrected chi connectivity index (χ2v) is 6.93. The maximum Gasteiger partial charge on any atom is 0.227 e. The Labute approximate surface area is 157 Å². The van der Waals surface area contributed by atoms with E-state index in [9.17, 15) is 4.79 Å². The van der Waals surface area contributed by atoms with Gasteiger partial charge in [0.2, 0.25) is 11.0 Å². The molecule has 0 radical (unpaired) electrons. The summed E-state index contributed by atoms with van der Waals surface area (Å²) in [6.45, 7) is 0.502. The van der Waals surface area contributed by atoms with Gasteiger partial charge in [-0.05, 0) is 18.2 Å². The van der Waals surface area contributed by atoms with Crippen LogP contribution in [0.1, 0.15) is 6.42 Å². The van der Waals surface area contributed by atoms with Crippen LogP contribution in [0.25, 0.3) is 33.1 Å². The molecule has 0 fully saturated rings. The van der Waals surface area contributed by atoms with E-state index in [0.717, 1.165) is 33.1 Å². The van der Waals surface area contributed by atoms with Crippen molar-refractivity contribution in [2.45, 2.75) is 13.0 Å². The molecule has 7 nitrogen and oxygen atoms in total. The minimum absolute atomic E-state index is 0.105. The van der Waals surface area contributed by atoms with Crippen molar-refractivity contribution in [2.75, 3.05) is 5.32 Å². The lowest BCUT2D eigenvalue weighted by Crippen LogP contribution is -2.14. The third-order valence-corrected chi connectivity index (χ3v) is 5.03. The van der Waals surface area contributed by atoms with Gasteiger partial charge < -0.3 is 9.88 Å². The number of para-hydroxylation sites is 3. The summed E-state index contributed by atoms with van der Waals surface area (Å²) in [5, 5.41) is 11.9. The monoisotopic (exact) mass is 374 g/mol. The number of amides is 1. The Morgan fingerprint density at radius 2 is 1.81 bits per heavy atom. The van der Waals surface area contributed by atoms with Gasteiger partial charge in [0.05, 0.1) is 16.6 Å². The first-order valence-corrected chi connectivity index (χ1v) is 9.37. The van der Waals surface area contributed by atoms with Crippen molar-refractivity contribution in [3.8, 4) is 0 Å². The average molecular weight is 374 g/mol. The zero-order chi connectivity index (χ0) is 18.2. The van der Waals surface area contributed by atoms with Crippen molar-refractivity contribution in [1.82, 2.24) is 24.7 Å². The normalized spacial score (nSPS) is 11.4. The molecular weight excluding hydrogens is 360 g/mol. The Balaban J connectivity index is 1.57. The highest BCUT2D eigenvalue weighted by atomic mass is 32.1. The van der Waals surface area contributed by atoms with Gasteiger partial charge in [-0.3, -0.25) is 4.79 Å². The molecule has 0 spiro atoms. The molecule has 2 aromatic carbocycles. The van der Waals surface area contributed by atoms with Crippen LogP contribution in [0.15, 0.2) is 54.0 Å². The number of fused-ring (bicyclic) bond motifs is 4. The van der Waals surface area contributed by atoms with Crippen LogP contribution in [0.3, 0.4) is 0 Å². The Bertz CT molecular complexity index is 1280. The van der Waals surface area contributed by atoms with Crippen molar-refractivity contribution in [3.63, 3.8) is 0 Å². The molecule has 1 amide bonds. The molecule has 0 unspecified atom stereocenters. The van der Waals surface area contributed by atoms with Crippen LogP contribution in [-0.4, -0.2) is 30.6 Å². The number of rotatable bonds is 4. The maximum atomic E-state index is 12.3. The van der Waals surface area contributed by atoms with E-state index in [1.54, 1.807) is 5.51 Å². The molecule has 5 aromatic rings. The number of nitrogens with zero attached hydrogens (tertiary/aromatic N) is 5. The Morgan fingerprint density at radius 1 is 1.04 bits per heavy atom. The topological polar surface area (TPSA) is 85.6 Å². The van der Waals surface area contributed by atoms with E-state index < -0.39 is 0 Å². The van der Waals surface area contributed by atoms with E-state index in [0.29, 0.717) is 18.1 Å².